The van der Waals surface area contributed by atoms with E-state index in [-0.39, 0.29) is 19.2 Å². The molecule has 0 unspecified atom stereocenters. The van der Waals surface area contributed by atoms with E-state index in [2.05, 4.69) is 13.0 Å². The third kappa shape index (κ3) is 9.97. The van der Waals surface area contributed by atoms with E-state index < -0.39 is 0 Å². The molecule has 0 aromatic heterocycles. The maximum Gasteiger partial charge on any atom is 0.331 e. The van der Waals surface area contributed by atoms with E-state index in [1.807, 2.05) is 67.6 Å². The number of allylic oxidation sites excluding steroid dienone is 3. The van der Waals surface area contributed by atoms with Gasteiger partial charge in [-0.15, -0.1) is 0 Å². The van der Waals surface area contributed by atoms with E-state index >= 15 is 0 Å². The van der Waals surface area contributed by atoms with Gasteiger partial charge in [0, 0.05) is 12.1 Å². The van der Waals surface area contributed by atoms with Crippen molar-refractivity contribution in [1.29, 1.82) is 0 Å². The molecule has 4 nitrogen and oxygen atoms in total. The van der Waals surface area contributed by atoms with E-state index in [1.54, 1.807) is 0 Å². The normalized spacial score (nSPS) is 11.5. The van der Waals surface area contributed by atoms with E-state index in [1.165, 1.54) is 31.8 Å². The van der Waals surface area contributed by atoms with Crippen LogP contribution < -0.4 is 9.47 Å². The van der Waals surface area contributed by atoms with Crippen LogP contribution in [0.2, 0.25) is 0 Å². The zero-order chi connectivity index (χ0) is 21.4. The number of ether oxygens (including phenoxy) is 3. The molecule has 0 heterocycles. The largest absolute Gasteiger partial charge is 0.490 e. The molecule has 30 heavy (non-hydrogen) atoms. The Hall–Kier alpha value is -3.01. The topological polar surface area (TPSA) is 44.8 Å². The van der Waals surface area contributed by atoms with Crippen LogP contribution >= 0.6 is 0 Å². The van der Waals surface area contributed by atoms with E-state index in [0.29, 0.717) is 11.5 Å². The Morgan fingerprint density at radius 2 is 1.67 bits per heavy atom. The van der Waals surface area contributed by atoms with Gasteiger partial charge in [-0.2, -0.15) is 0 Å². The first kappa shape index (κ1) is 23.3. The number of carbonyl (C=O) groups is 1. The molecule has 0 N–H and O–H groups in total. The van der Waals surface area contributed by atoms with Crippen LogP contribution in [0.1, 0.15) is 46.0 Å². The Labute approximate surface area is 180 Å². The fraction of sp³-hybridized carbons (Fsp3) is 0.346. The van der Waals surface area contributed by atoms with Crippen LogP contribution in [0.4, 0.5) is 0 Å². The Morgan fingerprint density at radius 3 is 2.47 bits per heavy atom. The second-order valence-corrected chi connectivity index (χ2v) is 7.05. The summed E-state index contributed by atoms with van der Waals surface area (Å²) in [6.45, 7) is 4.57. The average Bonchev–Trinajstić information content (AvgIpc) is 2.75. The first-order valence-corrected chi connectivity index (χ1v) is 10.6. The molecule has 2 aromatic carbocycles. The zero-order valence-electron chi connectivity index (χ0n) is 18.0. The molecule has 0 bridgehead atoms. The van der Waals surface area contributed by atoms with Gasteiger partial charge in [0.05, 0.1) is 0 Å². The fourth-order valence-electron chi connectivity index (χ4n) is 2.79. The third-order valence-electron chi connectivity index (χ3n) is 4.33. The summed E-state index contributed by atoms with van der Waals surface area (Å²) in [7, 11) is 0. The predicted octanol–water partition coefficient (Wildman–Crippen LogP) is 6.87. The monoisotopic (exact) mass is 408 g/mol. The molecule has 0 fully saturated rings. The van der Waals surface area contributed by atoms with Crippen molar-refractivity contribution in [3.05, 3.63) is 78.4 Å². The van der Waals surface area contributed by atoms with Crippen LogP contribution in [-0.4, -0.2) is 19.2 Å². The van der Waals surface area contributed by atoms with Crippen molar-refractivity contribution in [3.8, 4) is 17.2 Å². The first-order valence-electron chi connectivity index (χ1n) is 10.6. The van der Waals surface area contributed by atoms with Gasteiger partial charge in [-0.1, -0.05) is 62.6 Å². The predicted molar refractivity (Wildman–Crippen MR) is 121 cm³/mol. The number of unbranched alkanes of at least 4 members (excludes halogenated alkanes) is 4. The van der Waals surface area contributed by atoms with Crippen LogP contribution in [0.25, 0.3) is 0 Å². The summed E-state index contributed by atoms with van der Waals surface area (Å²) in [5.74, 6) is 1.77. The minimum absolute atomic E-state index is 0.188. The fourth-order valence-corrected chi connectivity index (χ4v) is 2.79. The van der Waals surface area contributed by atoms with E-state index in [4.69, 9.17) is 14.2 Å². The van der Waals surface area contributed by atoms with Crippen molar-refractivity contribution in [2.45, 2.75) is 46.0 Å². The molecule has 0 saturated heterocycles. The molecule has 0 aliphatic heterocycles. The SMILES string of the molecule is CCCCCC/C=C/C(C)=C/C(=O)OCCOc1cccc(Oc2ccccc2)c1. The Bertz CT molecular complexity index is 809. The quantitative estimate of drug-likeness (QED) is 0.157. The van der Waals surface area contributed by atoms with Crippen LogP contribution in [0.15, 0.2) is 78.4 Å². The average molecular weight is 409 g/mol. The molecule has 160 valence electrons. The molecule has 0 spiro atoms. The summed E-state index contributed by atoms with van der Waals surface area (Å²) in [6.07, 6.45) is 11.6. The highest BCUT2D eigenvalue weighted by molar-refractivity contribution is 5.83. The van der Waals surface area contributed by atoms with Crippen LogP contribution in [-0.2, 0) is 9.53 Å². The highest BCUT2D eigenvalue weighted by Crippen LogP contribution is 2.24. The Kier molecular flexibility index (Phi) is 10.9. The van der Waals surface area contributed by atoms with Crippen molar-refractivity contribution >= 4 is 5.97 Å². The third-order valence-corrected chi connectivity index (χ3v) is 4.33. The van der Waals surface area contributed by atoms with E-state index in [9.17, 15) is 4.79 Å². The summed E-state index contributed by atoms with van der Waals surface area (Å²) >= 11 is 0. The Balaban J connectivity index is 1.67. The lowest BCUT2D eigenvalue weighted by molar-refractivity contribution is -0.138. The van der Waals surface area contributed by atoms with Gasteiger partial charge in [0.15, 0.2) is 0 Å². The highest BCUT2D eigenvalue weighted by atomic mass is 16.6. The molecule has 0 aliphatic rings. The van der Waals surface area contributed by atoms with Gasteiger partial charge in [-0.25, -0.2) is 4.79 Å². The molecule has 0 aliphatic carbocycles. The lowest BCUT2D eigenvalue weighted by Crippen LogP contribution is -2.10. The van der Waals surface area contributed by atoms with Crippen molar-refractivity contribution in [3.63, 3.8) is 0 Å². The summed E-state index contributed by atoms with van der Waals surface area (Å²) in [4.78, 5) is 11.9. The molecule has 4 heteroatoms. The van der Waals surface area contributed by atoms with Gasteiger partial charge in [-0.05, 0) is 49.6 Å². The molecule has 0 amide bonds. The van der Waals surface area contributed by atoms with Gasteiger partial charge in [-0.3, -0.25) is 0 Å². The molecular formula is C26H32O4. The standard InChI is InChI=1S/C26H32O4/c1-3-4-5-6-7-9-13-22(2)20-26(27)29-19-18-28-24-16-12-17-25(21-24)30-23-14-10-8-11-15-23/h8-17,20-21H,3-7,18-19H2,1-2H3/b13-9+,22-20+. The van der Waals surface area contributed by atoms with Gasteiger partial charge < -0.3 is 14.2 Å². The summed E-state index contributed by atoms with van der Waals surface area (Å²) in [6, 6.07) is 16.9. The second-order valence-electron chi connectivity index (χ2n) is 7.05. The number of carbonyl (C=O) groups excluding carboxylic acids is 1. The lowest BCUT2D eigenvalue weighted by Gasteiger charge is -2.09. The minimum atomic E-state index is -0.354. The van der Waals surface area contributed by atoms with Crippen molar-refractivity contribution in [2.24, 2.45) is 0 Å². The molecule has 0 atom stereocenters. The summed E-state index contributed by atoms with van der Waals surface area (Å²) in [5.41, 5.74) is 0.891. The van der Waals surface area contributed by atoms with Crippen molar-refractivity contribution < 1.29 is 19.0 Å². The molecule has 2 rings (SSSR count). The van der Waals surface area contributed by atoms with Crippen molar-refractivity contribution in [2.75, 3.05) is 13.2 Å². The van der Waals surface area contributed by atoms with Gasteiger partial charge in [0.25, 0.3) is 0 Å². The maximum atomic E-state index is 11.9. The first-order chi connectivity index (χ1) is 14.7. The lowest BCUT2D eigenvalue weighted by atomic mass is 10.1. The number of rotatable bonds is 13. The Morgan fingerprint density at radius 1 is 0.900 bits per heavy atom. The summed E-state index contributed by atoms with van der Waals surface area (Å²) < 4.78 is 16.7. The molecule has 0 radical (unpaired) electrons. The van der Waals surface area contributed by atoms with Gasteiger partial charge >= 0.3 is 5.97 Å². The molecule has 0 saturated carbocycles. The highest BCUT2D eigenvalue weighted by Gasteiger charge is 2.02. The molecule has 2 aromatic rings. The smallest absolute Gasteiger partial charge is 0.331 e. The van der Waals surface area contributed by atoms with Crippen LogP contribution in [0.5, 0.6) is 17.2 Å². The zero-order valence-corrected chi connectivity index (χ0v) is 18.0. The number of hydrogen-bond donors (Lipinski definition) is 0. The second kappa shape index (κ2) is 14.0. The van der Waals surface area contributed by atoms with Crippen LogP contribution in [0.3, 0.4) is 0 Å². The minimum Gasteiger partial charge on any atom is -0.490 e. The van der Waals surface area contributed by atoms with Gasteiger partial charge in [0.1, 0.15) is 30.5 Å². The van der Waals surface area contributed by atoms with Gasteiger partial charge in [0.2, 0.25) is 0 Å². The van der Waals surface area contributed by atoms with Crippen molar-refractivity contribution in [1.82, 2.24) is 0 Å². The maximum absolute atomic E-state index is 11.9. The van der Waals surface area contributed by atoms with E-state index in [0.717, 1.165) is 17.7 Å². The molecular weight excluding hydrogens is 376 g/mol. The van der Waals surface area contributed by atoms with Crippen LogP contribution in [0, 0.1) is 0 Å². The number of esters is 1. The number of para-hydroxylation sites is 1. The summed E-state index contributed by atoms with van der Waals surface area (Å²) in [5, 5.41) is 0. The number of hydrogen-bond acceptors (Lipinski definition) is 4. The number of benzene rings is 2.